The van der Waals surface area contributed by atoms with Crippen molar-refractivity contribution in [2.45, 2.75) is 64.2 Å². The second-order valence-corrected chi connectivity index (χ2v) is 7.85. The minimum Gasteiger partial charge on any atom is -0.461 e. The number of esters is 1. The first-order valence-corrected chi connectivity index (χ1v) is 10.0. The van der Waals surface area contributed by atoms with Crippen LogP contribution in [0.2, 0.25) is 0 Å². The molecule has 0 radical (unpaired) electrons. The van der Waals surface area contributed by atoms with Crippen molar-refractivity contribution < 1.29 is 29.4 Å². The summed E-state index contributed by atoms with van der Waals surface area (Å²) in [6.07, 6.45) is 1.88. The number of nitrogens with one attached hydrogen (secondary N) is 2. The smallest absolute Gasteiger partial charge is 0.333 e. The van der Waals surface area contributed by atoms with Crippen molar-refractivity contribution in [2.75, 3.05) is 0 Å². The van der Waals surface area contributed by atoms with Crippen LogP contribution in [-0.4, -0.2) is 40.3 Å². The van der Waals surface area contributed by atoms with Crippen molar-refractivity contribution in [1.82, 2.24) is 10.8 Å². The summed E-state index contributed by atoms with van der Waals surface area (Å²) < 4.78 is 5.58. The highest BCUT2D eigenvalue weighted by Crippen LogP contribution is 2.25. The SMILES string of the molecule is CC(C)C[C@@H](C(=O)NC(C(=O)OC1CCCC1)c1ccccc1)[C@H](O)C(=O)NO. The molecule has 1 aromatic rings. The molecule has 0 spiro atoms. The van der Waals surface area contributed by atoms with Gasteiger partial charge in [0.15, 0.2) is 6.04 Å². The molecule has 8 heteroatoms. The predicted molar refractivity (Wildman–Crippen MR) is 105 cm³/mol. The molecule has 0 heterocycles. The molecule has 8 nitrogen and oxygen atoms in total. The Bertz CT molecular complexity index is 688. The molecule has 1 saturated carbocycles. The van der Waals surface area contributed by atoms with Gasteiger partial charge in [0.25, 0.3) is 5.91 Å². The standard InChI is InChI=1S/C21H30N2O6/c1-13(2)12-16(18(24)20(26)23-28)19(25)22-17(14-8-4-3-5-9-14)21(27)29-15-10-6-7-11-15/h3-5,8-9,13,15-18,24,28H,6-7,10-12H2,1-2H3,(H,22,25)(H,23,26)/t16-,17?,18+/m1/s1. The molecule has 160 valence electrons. The van der Waals surface area contributed by atoms with Crippen LogP contribution < -0.4 is 10.8 Å². The van der Waals surface area contributed by atoms with Crippen molar-refractivity contribution in [3.05, 3.63) is 35.9 Å². The summed E-state index contributed by atoms with van der Waals surface area (Å²) in [6, 6.07) is 7.64. The molecule has 2 amide bonds. The van der Waals surface area contributed by atoms with Crippen LogP contribution in [0.1, 0.15) is 57.6 Å². The van der Waals surface area contributed by atoms with Gasteiger partial charge in [-0.05, 0) is 43.6 Å². The number of rotatable bonds is 9. The normalized spacial score (nSPS) is 17.4. The second-order valence-electron chi connectivity index (χ2n) is 7.85. The monoisotopic (exact) mass is 406 g/mol. The Kier molecular flexibility index (Phi) is 8.60. The van der Waals surface area contributed by atoms with Gasteiger partial charge in [-0.15, -0.1) is 0 Å². The predicted octanol–water partition coefficient (Wildman–Crippen LogP) is 1.86. The Hall–Kier alpha value is -2.45. The number of amides is 2. The molecule has 29 heavy (non-hydrogen) atoms. The first-order valence-electron chi connectivity index (χ1n) is 10.0. The van der Waals surface area contributed by atoms with E-state index < -0.39 is 35.8 Å². The van der Waals surface area contributed by atoms with E-state index in [2.05, 4.69) is 5.32 Å². The number of carbonyl (C=O) groups excluding carboxylic acids is 3. The molecule has 1 unspecified atom stereocenters. The molecule has 3 atom stereocenters. The van der Waals surface area contributed by atoms with Gasteiger partial charge in [0.2, 0.25) is 5.91 Å². The average molecular weight is 406 g/mol. The number of benzene rings is 1. The lowest BCUT2D eigenvalue weighted by Gasteiger charge is -2.26. The fourth-order valence-electron chi connectivity index (χ4n) is 3.55. The number of carbonyl (C=O) groups is 3. The van der Waals surface area contributed by atoms with Crippen LogP contribution in [0.15, 0.2) is 30.3 Å². The van der Waals surface area contributed by atoms with E-state index in [1.165, 1.54) is 5.48 Å². The number of hydrogen-bond acceptors (Lipinski definition) is 6. The molecule has 1 aliphatic rings. The summed E-state index contributed by atoms with van der Waals surface area (Å²) in [7, 11) is 0. The molecule has 0 bridgehead atoms. The molecule has 4 N–H and O–H groups in total. The molecule has 1 aromatic carbocycles. The van der Waals surface area contributed by atoms with Crippen molar-refractivity contribution >= 4 is 17.8 Å². The van der Waals surface area contributed by atoms with Crippen LogP contribution in [0.4, 0.5) is 0 Å². The number of hydroxylamine groups is 1. The fourth-order valence-corrected chi connectivity index (χ4v) is 3.55. The van der Waals surface area contributed by atoms with E-state index in [9.17, 15) is 19.5 Å². The van der Waals surface area contributed by atoms with E-state index in [0.29, 0.717) is 5.56 Å². The van der Waals surface area contributed by atoms with Gasteiger partial charge in [-0.3, -0.25) is 14.8 Å². The maximum atomic E-state index is 12.9. The molecule has 1 aliphatic carbocycles. The number of ether oxygens (including phenoxy) is 1. The third-order valence-electron chi connectivity index (χ3n) is 5.06. The van der Waals surface area contributed by atoms with Crippen molar-refractivity contribution in [3.63, 3.8) is 0 Å². The van der Waals surface area contributed by atoms with Crippen LogP contribution in [0, 0.1) is 11.8 Å². The van der Waals surface area contributed by atoms with Crippen LogP contribution in [0.5, 0.6) is 0 Å². The summed E-state index contributed by atoms with van der Waals surface area (Å²) in [6.45, 7) is 3.68. The molecular formula is C21H30N2O6. The van der Waals surface area contributed by atoms with Gasteiger partial charge >= 0.3 is 5.97 Å². The van der Waals surface area contributed by atoms with Crippen LogP contribution >= 0.6 is 0 Å². The Morgan fingerprint density at radius 3 is 2.28 bits per heavy atom. The Labute approximate surface area is 170 Å². The zero-order chi connectivity index (χ0) is 21.4. The zero-order valence-electron chi connectivity index (χ0n) is 16.8. The van der Waals surface area contributed by atoms with Gasteiger partial charge < -0.3 is 15.2 Å². The topological polar surface area (TPSA) is 125 Å². The Morgan fingerprint density at radius 1 is 1.10 bits per heavy atom. The Morgan fingerprint density at radius 2 is 1.72 bits per heavy atom. The summed E-state index contributed by atoms with van der Waals surface area (Å²) in [5.41, 5.74) is 1.92. The summed E-state index contributed by atoms with van der Waals surface area (Å²) in [5, 5.41) is 21.6. The highest BCUT2D eigenvalue weighted by Gasteiger charge is 2.36. The maximum absolute atomic E-state index is 12.9. The summed E-state index contributed by atoms with van der Waals surface area (Å²) >= 11 is 0. The van der Waals surface area contributed by atoms with E-state index >= 15 is 0 Å². The van der Waals surface area contributed by atoms with E-state index in [-0.39, 0.29) is 18.4 Å². The van der Waals surface area contributed by atoms with Crippen LogP contribution in [-0.2, 0) is 19.1 Å². The number of hydrogen-bond donors (Lipinski definition) is 4. The third-order valence-corrected chi connectivity index (χ3v) is 5.06. The van der Waals surface area contributed by atoms with Gasteiger partial charge in [0.05, 0.1) is 5.92 Å². The molecule has 0 aromatic heterocycles. The van der Waals surface area contributed by atoms with Gasteiger partial charge in [0.1, 0.15) is 12.2 Å². The lowest BCUT2D eigenvalue weighted by Crippen LogP contribution is -2.47. The third kappa shape index (κ3) is 6.54. The summed E-state index contributed by atoms with van der Waals surface area (Å²) in [4.78, 5) is 37.4. The van der Waals surface area contributed by atoms with E-state index in [4.69, 9.17) is 9.94 Å². The van der Waals surface area contributed by atoms with Gasteiger partial charge in [-0.1, -0.05) is 44.2 Å². The zero-order valence-corrected chi connectivity index (χ0v) is 16.8. The first kappa shape index (κ1) is 22.8. The molecule has 0 aliphatic heterocycles. The van der Waals surface area contributed by atoms with Crippen molar-refractivity contribution in [1.29, 1.82) is 0 Å². The molecule has 0 saturated heterocycles. The van der Waals surface area contributed by atoms with Crippen molar-refractivity contribution in [2.24, 2.45) is 11.8 Å². The number of aliphatic hydroxyl groups is 1. The van der Waals surface area contributed by atoms with Gasteiger partial charge in [0, 0.05) is 0 Å². The quantitative estimate of drug-likeness (QED) is 0.282. The number of aliphatic hydroxyl groups excluding tert-OH is 1. The van der Waals surface area contributed by atoms with Crippen LogP contribution in [0.3, 0.4) is 0 Å². The van der Waals surface area contributed by atoms with Gasteiger partial charge in [-0.25, -0.2) is 10.3 Å². The second kappa shape index (κ2) is 10.9. The molecule has 1 fully saturated rings. The van der Waals surface area contributed by atoms with Gasteiger partial charge in [-0.2, -0.15) is 0 Å². The average Bonchev–Trinajstić information content (AvgIpc) is 3.22. The van der Waals surface area contributed by atoms with E-state index in [0.717, 1.165) is 25.7 Å². The minimum atomic E-state index is -1.75. The largest absolute Gasteiger partial charge is 0.461 e. The highest BCUT2D eigenvalue weighted by atomic mass is 16.5. The minimum absolute atomic E-state index is 0.00694. The van der Waals surface area contributed by atoms with Crippen molar-refractivity contribution in [3.8, 4) is 0 Å². The first-order chi connectivity index (χ1) is 13.8. The lowest BCUT2D eigenvalue weighted by atomic mass is 9.90. The van der Waals surface area contributed by atoms with E-state index in [1.54, 1.807) is 30.3 Å². The van der Waals surface area contributed by atoms with E-state index in [1.807, 2.05) is 13.8 Å². The molecule has 2 rings (SSSR count). The fraction of sp³-hybridized carbons (Fsp3) is 0.571. The summed E-state index contributed by atoms with van der Waals surface area (Å²) in [5.74, 6) is -3.44. The Balaban J connectivity index is 2.21. The maximum Gasteiger partial charge on any atom is 0.333 e. The molecular weight excluding hydrogens is 376 g/mol. The van der Waals surface area contributed by atoms with Crippen LogP contribution in [0.25, 0.3) is 0 Å². The highest BCUT2D eigenvalue weighted by molar-refractivity contribution is 5.91. The lowest BCUT2D eigenvalue weighted by molar-refractivity contribution is -0.154.